The number of Topliss-reactive ketones (excluding diaryl/α,β-unsaturated/α-hetero) is 1. The van der Waals surface area contributed by atoms with Gasteiger partial charge in [-0.15, -0.1) is 11.3 Å². The summed E-state index contributed by atoms with van der Waals surface area (Å²) in [5, 5.41) is 2.87. The minimum Gasteiger partial charge on any atom is -0.350 e. The molecule has 1 rings (SSSR count). The van der Waals surface area contributed by atoms with E-state index in [-0.39, 0.29) is 11.7 Å². The second-order valence-electron chi connectivity index (χ2n) is 4.00. The van der Waals surface area contributed by atoms with Crippen LogP contribution in [0.15, 0.2) is 12.1 Å². The van der Waals surface area contributed by atoms with E-state index in [4.69, 9.17) is 0 Å². The Labute approximate surface area is 112 Å². The molecule has 1 aromatic heterocycles. The van der Waals surface area contributed by atoms with Gasteiger partial charge in [0.2, 0.25) is 0 Å². The standard InChI is InChI=1S/C13H20N2O2S/c1-4-15(5-2)9-8-14-13(17)12-7-6-11(18-12)10(3)16/h6-7H,4-5,8-9H2,1-3H3,(H,14,17). The molecule has 1 N–H and O–H groups in total. The van der Waals surface area contributed by atoms with Crippen LogP contribution in [0.25, 0.3) is 0 Å². The highest BCUT2D eigenvalue weighted by Crippen LogP contribution is 2.16. The zero-order chi connectivity index (χ0) is 13.5. The number of carbonyl (C=O) groups excluding carboxylic acids is 2. The van der Waals surface area contributed by atoms with Gasteiger partial charge < -0.3 is 10.2 Å². The Balaban J connectivity index is 2.42. The number of nitrogens with one attached hydrogen (secondary N) is 1. The molecule has 0 saturated carbocycles. The Morgan fingerprint density at radius 3 is 2.33 bits per heavy atom. The lowest BCUT2D eigenvalue weighted by Gasteiger charge is -2.17. The van der Waals surface area contributed by atoms with Crippen molar-refractivity contribution in [1.29, 1.82) is 0 Å². The summed E-state index contributed by atoms with van der Waals surface area (Å²) >= 11 is 1.24. The average Bonchev–Trinajstić information content (AvgIpc) is 2.84. The Hall–Kier alpha value is -1.20. The highest BCUT2D eigenvalue weighted by atomic mass is 32.1. The van der Waals surface area contributed by atoms with E-state index in [9.17, 15) is 9.59 Å². The molecule has 0 aromatic carbocycles. The number of hydrogen-bond acceptors (Lipinski definition) is 4. The van der Waals surface area contributed by atoms with Crippen molar-refractivity contribution in [3.63, 3.8) is 0 Å². The second-order valence-corrected chi connectivity index (χ2v) is 5.09. The number of nitrogens with zero attached hydrogens (tertiary/aromatic N) is 1. The van der Waals surface area contributed by atoms with Crippen LogP contribution in [0, 0.1) is 0 Å². The Morgan fingerprint density at radius 2 is 1.83 bits per heavy atom. The molecule has 4 nitrogen and oxygen atoms in total. The van der Waals surface area contributed by atoms with E-state index >= 15 is 0 Å². The number of rotatable bonds is 7. The largest absolute Gasteiger partial charge is 0.350 e. The Kier molecular flexibility index (Phi) is 6.01. The van der Waals surface area contributed by atoms with Gasteiger partial charge in [-0.1, -0.05) is 13.8 Å². The first kappa shape index (κ1) is 14.9. The minimum atomic E-state index is -0.0975. The van der Waals surface area contributed by atoms with Crippen LogP contribution in [0.3, 0.4) is 0 Å². The van der Waals surface area contributed by atoms with Crippen LogP contribution in [0.2, 0.25) is 0 Å². The predicted molar refractivity (Wildman–Crippen MR) is 74.4 cm³/mol. The Morgan fingerprint density at radius 1 is 1.22 bits per heavy atom. The van der Waals surface area contributed by atoms with Crippen molar-refractivity contribution in [2.45, 2.75) is 20.8 Å². The number of ketones is 1. The molecule has 0 saturated heterocycles. The molecule has 0 fully saturated rings. The molecule has 1 amide bonds. The minimum absolute atomic E-state index is 0.00203. The SMILES string of the molecule is CCN(CC)CCNC(=O)c1ccc(C(C)=O)s1. The van der Waals surface area contributed by atoms with Gasteiger partial charge in [-0.3, -0.25) is 9.59 Å². The smallest absolute Gasteiger partial charge is 0.261 e. The number of hydrogen-bond donors (Lipinski definition) is 1. The summed E-state index contributed by atoms with van der Waals surface area (Å²) in [4.78, 5) is 26.4. The van der Waals surface area contributed by atoms with E-state index in [1.165, 1.54) is 18.3 Å². The first-order valence-corrected chi connectivity index (χ1v) is 7.01. The van der Waals surface area contributed by atoms with Crippen LogP contribution in [-0.2, 0) is 0 Å². The molecule has 1 heterocycles. The highest BCUT2D eigenvalue weighted by molar-refractivity contribution is 7.15. The first-order valence-electron chi connectivity index (χ1n) is 6.19. The highest BCUT2D eigenvalue weighted by Gasteiger charge is 2.11. The number of carbonyl (C=O) groups is 2. The molecular weight excluding hydrogens is 248 g/mol. The molecule has 0 bridgehead atoms. The zero-order valence-corrected chi connectivity index (χ0v) is 12.0. The average molecular weight is 268 g/mol. The van der Waals surface area contributed by atoms with Crippen molar-refractivity contribution in [3.05, 3.63) is 21.9 Å². The lowest BCUT2D eigenvalue weighted by Crippen LogP contribution is -2.34. The van der Waals surface area contributed by atoms with E-state index in [2.05, 4.69) is 24.1 Å². The van der Waals surface area contributed by atoms with Gasteiger partial charge in [0.1, 0.15) is 0 Å². The van der Waals surface area contributed by atoms with Crippen LogP contribution < -0.4 is 5.32 Å². The van der Waals surface area contributed by atoms with Crippen LogP contribution in [0.1, 0.15) is 40.1 Å². The summed E-state index contributed by atoms with van der Waals surface area (Å²) in [5.74, 6) is -0.0955. The van der Waals surface area contributed by atoms with Gasteiger partial charge in [0.05, 0.1) is 9.75 Å². The van der Waals surface area contributed by atoms with Gasteiger partial charge in [0.25, 0.3) is 5.91 Å². The number of thiophene rings is 1. The van der Waals surface area contributed by atoms with E-state index in [1.807, 2.05) is 0 Å². The summed E-state index contributed by atoms with van der Waals surface area (Å²) < 4.78 is 0. The third kappa shape index (κ3) is 4.23. The lowest BCUT2D eigenvalue weighted by atomic mass is 10.3. The van der Waals surface area contributed by atoms with Crippen molar-refractivity contribution < 1.29 is 9.59 Å². The topological polar surface area (TPSA) is 49.4 Å². The first-order chi connectivity index (χ1) is 8.58. The van der Waals surface area contributed by atoms with E-state index in [1.54, 1.807) is 12.1 Å². The molecule has 0 unspecified atom stereocenters. The van der Waals surface area contributed by atoms with E-state index < -0.39 is 0 Å². The van der Waals surface area contributed by atoms with Gasteiger partial charge in [-0.2, -0.15) is 0 Å². The monoisotopic (exact) mass is 268 g/mol. The molecule has 0 atom stereocenters. The molecule has 5 heteroatoms. The zero-order valence-electron chi connectivity index (χ0n) is 11.2. The number of amides is 1. The van der Waals surface area contributed by atoms with Gasteiger partial charge in [0.15, 0.2) is 5.78 Å². The van der Waals surface area contributed by atoms with Crippen LogP contribution in [-0.4, -0.2) is 42.8 Å². The fourth-order valence-electron chi connectivity index (χ4n) is 1.60. The van der Waals surface area contributed by atoms with E-state index in [0.29, 0.717) is 16.3 Å². The maximum atomic E-state index is 11.8. The molecule has 0 aliphatic heterocycles. The third-order valence-electron chi connectivity index (χ3n) is 2.78. The van der Waals surface area contributed by atoms with Crippen molar-refractivity contribution in [1.82, 2.24) is 10.2 Å². The van der Waals surface area contributed by atoms with Crippen molar-refractivity contribution in [2.75, 3.05) is 26.2 Å². The molecule has 18 heavy (non-hydrogen) atoms. The fourth-order valence-corrected chi connectivity index (χ4v) is 2.42. The normalized spacial score (nSPS) is 10.7. The molecule has 0 spiro atoms. The van der Waals surface area contributed by atoms with Crippen molar-refractivity contribution in [3.8, 4) is 0 Å². The summed E-state index contributed by atoms with van der Waals surface area (Å²) in [6.45, 7) is 9.17. The van der Waals surface area contributed by atoms with Crippen molar-refractivity contribution in [2.24, 2.45) is 0 Å². The summed E-state index contributed by atoms with van der Waals surface area (Å²) in [6, 6.07) is 3.40. The Bertz CT molecular complexity index is 411. The summed E-state index contributed by atoms with van der Waals surface area (Å²) in [5.41, 5.74) is 0. The maximum Gasteiger partial charge on any atom is 0.261 e. The van der Waals surface area contributed by atoms with Crippen LogP contribution in [0.5, 0.6) is 0 Å². The molecule has 100 valence electrons. The van der Waals surface area contributed by atoms with Crippen LogP contribution >= 0.6 is 11.3 Å². The summed E-state index contributed by atoms with van der Waals surface area (Å²) in [7, 11) is 0. The van der Waals surface area contributed by atoms with Crippen molar-refractivity contribution >= 4 is 23.0 Å². The van der Waals surface area contributed by atoms with Gasteiger partial charge in [-0.25, -0.2) is 0 Å². The molecule has 0 aliphatic carbocycles. The summed E-state index contributed by atoms with van der Waals surface area (Å²) in [6.07, 6.45) is 0. The predicted octanol–water partition coefficient (Wildman–Crippen LogP) is 2.02. The molecule has 0 radical (unpaired) electrons. The van der Waals surface area contributed by atoms with Crippen LogP contribution in [0.4, 0.5) is 0 Å². The number of likely N-dealkylation sites (N-methyl/N-ethyl adjacent to an activating group) is 1. The molecule has 1 aromatic rings. The van der Waals surface area contributed by atoms with Gasteiger partial charge in [-0.05, 0) is 32.1 Å². The third-order valence-corrected chi connectivity index (χ3v) is 3.97. The van der Waals surface area contributed by atoms with E-state index in [0.717, 1.165) is 19.6 Å². The van der Waals surface area contributed by atoms with Gasteiger partial charge >= 0.3 is 0 Å². The fraction of sp³-hybridized carbons (Fsp3) is 0.538. The lowest BCUT2D eigenvalue weighted by molar-refractivity contribution is 0.0952. The molecular formula is C13H20N2O2S. The second kappa shape index (κ2) is 7.28. The quantitative estimate of drug-likeness (QED) is 0.770. The van der Waals surface area contributed by atoms with Gasteiger partial charge in [0, 0.05) is 13.1 Å². The molecule has 0 aliphatic rings. The maximum absolute atomic E-state index is 11.8.